The zero-order chi connectivity index (χ0) is 13.5. The molecular weight excluding hydrogens is 356 g/mol. The summed E-state index contributed by atoms with van der Waals surface area (Å²) < 4.78 is 13.0. The first-order valence-electron chi connectivity index (χ1n) is 6.14. The minimum absolute atomic E-state index is 0. The van der Waals surface area contributed by atoms with Crippen LogP contribution in [0.5, 0.6) is 0 Å². The number of benzene rings is 1. The van der Waals surface area contributed by atoms with Crippen molar-refractivity contribution in [3.8, 4) is 0 Å². The van der Waals surface area contributed by atoms with Crippen LogP contribution in [0.2, 0.25) is 0 Å². The lowest BCUT2D eigenvalue weighted by atomic mass is 10.1. The van der Waals surface area contributed by atoms with Gasteiger partial charge in [-0.15, -0.1) is 24.0 Å². The molecule has 0 saturated carbocycles. The van der Waals surface area contributed by atoms with Crippen molar-refractivity contribution in [3.63, 3.8) is 0 Å². The second-order valence-corrected chi connectivity index (χ2v) is 4.70. The number of aliphatic imine (C=N–C) groups is 1. The van der Waals surface area contributed by atoms with Crippen molar-refractivity contribution < 1.29 is 4.39 Å². The van der Waals surface area contributed by atoms with Gasteiger partial charge in [-0.25, -0.2) is 4.39 Å². The molecule has 0 N–H and O–H groups in total. The van der Waals surface area contributed by atoms with E-state index in [-0.39, 0.29) is 29.8 Å². The van der Waals surface area contributed by atoms with Gasteiger partial charge < -0.3 is 9.80 Å². The summed E-state index contributed by atoms with van der Waals surface area (Å²) in [4.78, 5) is 8.51. The van der Waals surface area contributed by atoms with E-state index in [1.54, 1.807) is 12.1 Å². The van der Waals surface area contributed by atoms with E-state index in [4.69, 9.17) is 0 Å². The molecule has 0 aliphatic rings. The summed E-state index contributed by atoms with van der Waals surface area (Å²) in [5, 5.41) is 0. The molecule has 0 heterocycles. The molecule has 0 spiro atoms. The molecule has 1 rings (SSSR count). The highest BCUT2D eigenvalue weighted by Crippen LogP contribution is 2.06. The fourth-order valence-corrected chi connectivity index (χ4v) is 1.84. The molecule has 3 nitrogen and oxygen atoms in total. The quantitative estimate of drug-likeness (QED) is 0.347. The van der Waals surface area contributed by atoms with Crippen LogP contribution in [0.15, 0.2) is 29.3 Å². The lowest BCUT2D eigenvalue weighted by molar-refractivity contribution is 0.479. The Balaban J connectivity index is 0.00000324. The third-order valence-electron chi connectivity index (χ3n) is 2.57. The summed E-state index contributed by atoms with van der Waals surface area (Å²) in [7, 11) is 7.91. The summed E-state index contributed by atoms with van der Waals surface area (Å²) in [5.74, 6) is 0.785. The molecule has 108 valence electrons. The molecule has 0 bridgehead atoms. The third kappa shape index (κ3) is 6.75. The van der Waals surface area contributed by atoms with Gasteiger partial charge in [0.1, 0.15) is 5.82 Å². The topological polar surface area (TPSA) is 18.8 Å². The summed E-state index contributed by atoms with van der Waals surface area (Å²) in [5.41, 5.74) is 1.03. The van der Waals surface area contributed by atoms with Crippen molar-refractivity contribution in [3.05, 3.63) is 35.6 Å². The van der Waals surface area contributed by atoms with E-state index in [2.05, 4.69) is 4.99 Å². The Hall–Kier alpha value is -0.850. The first-order chi connectivity index (χ1) is 8.50. The predicted octanol–water partition coefficient (Wildman–Crippen LogP) is 2.86. The van der Waals surface area contributed by atoms with Gasteiger partial charge in [0.15, 0.2) is 5.96 Å². The third-order valence-corrected chi connectivity index (χ3v) is 2.57. The van der Waals surface area contributed by atoms with Crippen molar-refractivity contribution in [2.75, 3.05) is 34.7 Å². The van der Waals surface area contributed by atoms with E-state index in [0.29, 0.717) is 0 Å². The minimum Gasteiger partial charge on any atom is -0.349 e. The second-order valence-electron chi connectivity index (χ2n) is 4.70. The van der Waals surface area contributed by atoms with Gasteiger partial charge in [-0.05, 0) is 30.5 Å². The van der Waals surface area contributed by atoms with Crippen LogP contribution in [-0.2, 0) is 6.42 Å². The van der Waals surface area contributed by atoms with Gasteiger partial charge in [0, 0.05) is 34.7 Å². The largest absolute Gasteiger partial charge is 0.349 e. The predicted molar refractivity (Wildman–Crippen MR) is 89.8 cm³/mol. The van der Waals surface area contributed by atoms with Crippen molar-refractivity contribution >= 4 is 29.9 Å². The number of nitrogens with zero attached hydrogens (tertiary/aromatic N) is 3. The first kappa shape index (κ1) is 18.1. The fourth-order valence-electron chi connectivity index (χ4n) is 1.84. The lowest BCUT2D eigenvalue weighted by Crippen LogP contribution is -2.35. The molecule has 0 saturated heterocycles. The maximum absolute atomic E-state index is 13.0. The van der Waals surface area contributed by atoms with Gasteiger partial charge in [-0.1, -0.05) is 12.1 Å². The molecule has 0 radical (unpaired) electrons. The Bertz CT molecular complexity index is 395. The van der Waals surface area contributed by atoms with Crippen molar-refractivity contribution in [1.29, 1.82) is 0 Å². The van der Waals surface area contributed by atoms with Crippen LogP contribution in [0.3, 0.4) is 0 Å². The maximum Gasteiger partial charge on any atom is 0.195 e. The molecule has 1 aromatic carbocycles. The normalized spacial score (nSPS) is 9.53. The minimum atomic E-state index is -0.168. The van der Waals surface area contributed by atoms with Crippen molar-refractivity contribution in [2.24, 2.45) is 4.99 Å². The standard InChI is InChI=1S/C14H22FN3.HI/c1-17(2)14(18(3)4)16-10-6-8-12-7-5-9-13(15)11-12;/h5,7,9,11H,6,8,10H2,1-4H3;1H. The average molecular weight is 379 g/mol. The van der Waals surface area contributed by atoms with Crippen LogP contribution in [0.1, 0.15) is 12.0 Å². The van der Waals surface area contributed by atoms with E-state index in [0.717, 1.165) is 30.9 Å². The zero-order valence-corrected chi connectivity index (χ0v) is 14.4. The molecule has 0 aromatic heterocycles. The Kier molecular flexibility index (Phi) is 8.71. The molecule has 19 heavy (non-hydrogen) atoms. The Morgan fingerprint density at radius 3 is 2.32 bits per heavy atom. The summed E-state index contributed by atoms with van der Waals surface area (Å²) in [6, 6.07) is 6.75. The van der Waals surface area contributed by atoms with Crippen molar-refractivity contribution in [2.45, 2.75) is 12.8 Å². The monoisotopic (exact) mass is 379 g/mol. The summed E-state index contributed by atoms with van der Waals surface area (Å²) in [6.45, 7) is 0.752. The van der Waals surface area contributed by atoms with Gasteiger partial charge in [-0.3, -0.25) is 4.99 Å². The lowest BCUT2D eigenvalue weighted by Gasteiger charge is -2.22. The van der Waals surface area contributed by atoms with E-state index in [9.17, 15) is 4.39 Å². The highest BCUT2D eigenvalue weighted by molar-refractivity contribution is 14.0. The molecule has 0 aliphatic heterocycles. The van der Waals surface area contributed by atoms with Gasteiger partial charge in [0.25, 0.3) is 0 Å². The van der Waals surface area contributed by atoms with Crippen LogP contribution < -0.4 is 0 Å². The number of guanidine groups is 1. The molecule has 0 amide bonds. The first-order valence-corrected chi connectivity index (χ1v) is 6.14. The highest BCUT2D eigenvalue weighted by Gasteiger charge is 2.03. The molecule has 1 aromatic rings. The number of aryl methyl sites for hydroxylation is 1. The highest BCUT2D eigenvalue weighted by atomic mass is 127. The van der Waals surface area contributed by atoms with E-state index in [1.165, 1.54) is 6.07 Å². The van der Waals surface area contributed by atoms with Crippen LogP contribution in [0.25, 0.3) is 0 Å². The van der Waals surface area contributed by atoms with E-state index >= 15 is 0 Å². The molecule has 0 atom stereocenters. The van der Waals surface area contributed by atoms with Crippen LogP contribution in [0, 0.1) is 5.82 Å². The van der Waals surface area contributed by atoms with Crippen LogP contribution in [0.4, 0.5) is 4.39 Å². The smallest absolute Gasteiger partial charge is 0.195 e. The van der Waals surface area contributed by atoms with E-state index in [1.807, 2.05) is 44.1 Å². The molecule has 5 heteroatoms. The van der Waals surface area contributed by atoms with Crippen molar-refractivity contribution in [1.82, 2.24) is 9.80 Å². The summed E-state index contributed by atoms with van der Waals surface area (Å²) >= 11 is 0. The number of rotatable bonds is 4. The second kappa shape index (κ2) is 9.12. The Morgan fingerprint density at radius 1 is 1.16 bits per heavy atom. The van der Waals surface area contributed by atoms with Gasteiger partial charge >= 0.3 is 0 Å². The fraction of sp³-hybridized carbons (Fsp3) is 0.500. The van der Waals surface area contributed by atoms with Crippen LogP contribution >= 0.6 is 24.0 Å². The van der Waals surface area contributed by atoms with E-state index < -0.39 is 0 Å². The van der Waals surface area contributed by atoms with Gasteiger partial charge in [0.2, 0.25) is 0 Å². The Morgan fingerprint density at radius 2 is 1.79 bits per heavy atom. The van der Waals surface area contributed by atoms with Crippen LogP contribution in [-0.4, -0.2) is 50.5 Å². The van der Waals surface area contributed by atoms with Gasteiger partial charge in [-0.2, -0.15) is 0 Å². The summed E-state index contributed by atoms with van der Waals surface area (Å²) in [6.07, 6.45) is 1.78. The molecule has 0 aliphatic carbocycles. The Labute approximate surface area is 132 Å². The zero-order valence-electron chi connectivity index (χ0n) is 12.1. The average Bonchev–Trinajstić information content (AvgIpc) is 2.27. The molecule has 0 unspecified atom stereocenters. The van der Waals surface area contributed by atoms with Gasteiger partial charge in [0.05, 0.1) is 0 Å². The SMILES string of the molecule is CN(C)C(=NCCCc1cccc(F)c1)N(C)C.I. The maximum atomic E-state index is 13.0. The number of halogens is 2. The molecule has 0 fully saturated rings. The number of hydrogen-bond donors (Lipinski definition) is 0. The number of hydrogen-bond acceptors (Lipinski definition) is 1. The molecular formula is C14H23FIN3.